The molecule has 1 atom stereocenters. The normalized spacial score (nSPS) is 19.2. The Balaban J connectivity index is 2.25. The summed E-state index contributed by atoms with van der Waals surface area (Å²) in [6.07, 6.45) is 1.32. The molecule has 0 aliphatic carbocycles. The van der Waals surface area contributed by atoms with E-state index >= 15 is 0 Å². The zero-order chi connectivity index (χ0) is 12.7. The van der Waals surface area contributed by atoms with Crippen molar-refractivity contribution in [3.05, 3.63) is 0 Å². The van der Waals surface area contributed by atoms with Gasteiger partial charge in [-0.15, -0.1) is 0 Å². The Labute approximate surface area is 102 Å². The first-order chi connectivity index (χ1) is 8.17. The number of amides is 3. The van der Waals surface area contributed by atoms with Gasteiger partial charge in [0, 0.05) is 38.6 Å². The van der Waals surface area contributed by atoms with Crippen LogP contribution in [0.4, 0.5) is 4.79 Å². The van der Waals surface area contributed by atoms with E-state index in [0.29, 0.717) is 32.6 Å². The van der Waals surface area contributed by atoms with Crippen molar-refractivity contribution in [3.63, 3.8) is 0 Å². The number of carbonyl (C=O) groups is 2. The van der Waals surface area contributed by atoms with Crippen molar-refractivity contribution in [2.75, 3.05) is 33.2 Å². The molecular weight excluding hydrogens is 220 g/mol. The Bertz CT molecular complexity index is 270. The van der Waals surface area contributed by atoms with Gasteiger partial charge in [0.1, 0.15) is 0 Å². The first kappa shape index (κ1) is 13.8. The predicted molar refractivity (Wildman–Crippen MR) is 65.7 cm³/mol. The van der Waals surface area contributed by atoms with Gasteiger partial charge in [-0.25, -0.2) is 4.79 Å². The van der Waals surface area contributed by atoms with E-state index in [9.17, 15) is 9.59 Å². The van der Waals surface area contributed by atoms with E-state index in [1.165, 1.54) is 0 Å². The SMILES string of the molecule is CCNC(=O)N1CCC(NC(=O)CCNC)C1. The molecule has 98 valence electrons. The van der Waals surface area contributed by atoms with E-state index < -0.39 is 0 Å². The lowest BCUT2D eigenvalue weighted by molar-refractivity contribution is -0.121. The van der Waals surface area contributed by atoms with E-state index in [1.54, 1.807) is 4.90 Å². The van der Waals surface area contributed by atoms with E-state index in [2.05, 4.69) is 16.0 Å². The third-order valence-electron chi connectivity index (χ3n) is 2.77. The van der Waals surface area contributed by atoms with Crippen molar-refractivity contribution in [3.8, 4) is 0 Å². The molecule has 0 spiro atoms. The van der Waals surface area contributed by atoms with Gasteiger partial charge in [-0.1, -0.05) is 0 Å². The summed E-state index contributed by atoms with van der Waals surface area (Å²) in [5.74, 6) is 0.0436. The monoisotopic (exact) mass is 242 g/mol. The van der Waals surface area contributed by atoms with Gasteiger partial charge in [0.05, 0.1) is 0 Å². The van der Waals surface area contributed by atoms with Crippen LogP contribution >= 0.6 is 0 Å². The minimum atomic E-state index is -0.0422. The topological polar surface area (TPSA) is 73.5 Å². The minimum Gasteiger partial charge on any atom is -0.351 e. The second-order valence-corrected chi connectivity index (χ2v) is 4.19. The molecule has 0 radical (unpaired) electrons. The number of hydrogen-bond acceptors (Lipinski definition) is 3. The van der Waals surface area contributed by atoms with Crippen LogP contribution < -0.4 is 16.0 Å². The Morgan fingerprint density at radius 2 is 2.18 bits per heavy atom. The molecular formula is C11H22N4O2. The zero-order valence-corrected chi connectivity index (χ0v) is 10.6. The molecule has 1 saturated heterocycles. The molecule has 6 nitrogen and oxygen atoms in total. The molecule has 1 fully saturated rings. The molecule has 17 heavy (non-hydrogen) atoms. The molecule has 0 saturated carbocycles. The summed E-state index contributed by atoms with van der Waals surface area (Å²) in [4.78, 5) is 24.8. The molecule has 1 unspecified atom stereocenters. The maximum Gasteiger partial charge on any atom is 0.317 e. The van der Waals surface area contributed by atoms with Crippen molar-refractivity contribution < 1.29 is 9.59 Å². The summed E-state index contributed by atoms with van der Waals surface area (Å²) < 4.78 is 0. The van der Waals surface area contributed by atoms with Crippen LogP contribution in [0, 0.1) is 0 Å². The fourth-order valence-electron chi connectivity index (χ4n) is 1.86. The third kappa shape index (κ3) is 4.60. The van der Waals surface area contributed by atoms with Crippen LogP contribution in [-0.2, 0) is 4.79 Å². The predicted octanol–water partition coefficient (Wildman–Crippen LogP) is -0.484. The summed E-state index contributed by atoms with van der Waals surface area (Å²) >= 11 is 0. The number of nitrogens with zero attached hydrogens (tertiary/aromatic N) is 1. The molecule has 6 heteroatoms. The summed E-state index contributed by atoms with van der Waals surface area (Å²) in [6, 6.07) is 0.0569. The molecule has 1 rings (SSSR count). The fourth-order valence-corrected chi connectivity index (χ4v) is 1.86. The van der Waals surface area contributed by atoms with Crippen molar-refractivity contribution in [1.29, 1.82) is 0 Å². The molecule has 1 aliphatic heterocycles. The Morgan fingerprint density at radius 3 is 2.82 bits per heavy atom. The lowest BCUT2D eigenvalue weighted by Crippen LogP contribution is -2.42. The van der Waals surface area contributed by atoms with Crippen molar-refractivity contribution in [1.82, 2.24) is 20.9 Å². The lowest BCUT2D eigenvalue weighted by atomic mass is 10.2. The van der Waals surface area contributed by atoms with E-state index in [4.69, 9.17) is 0 Å². The summed E-state index contributed by atoms with van der Waals surface area (Å²) in [6.45, 7) is 4.53. The number of likely N-dealkylation sites (tertiary alicyclic amines) is 1. The largest absolute Gasteiger partial charge is 0.351 e. The molecule has 3 N–H and O–H groups in total. The fraction of sp³-hybridized carbons (Fsp3) is 0.818. The zero-order valence-electron chi connectivity index (χ0n) is 10.6. The van der Waals surface area contributed by atoms with Crippen molar-refractivity contribution in [2.24, 2.45) is 0 Å². The highest BCUT2D eigenvalue weighted by molar-refractivity contribution is 5.77. The second-order valence-electron chi connectivity index (χ2n) is 4.19. The van der Waals surface area contributed by atoms with Gasteiger partial charge in [0.2, 0.25) is 5.91 Å². The molecule has 0 aromatic rings. The number of rotatable bonds is 5. The van der Waals surface area contributed by atoms with Crippen LogP contribution in [0.15, 0.2) is 0 Å². The Kier molecular flexibility index (Phi) is 5.76. The molecule has 3 amide bonds. The number of carbonyl (C=O) groups excluding carboxylic acids is 2. The average Bonchev–Trinajstić information content (AvgIpc) is 2.75. The summed E-state index contributed by atoms with van der Waals surface area (Å²) in [7, 11) is 1.82. The van der Waals surface area contributed by atoms with E-state index in [0.717, 1.165) is 6.42 Å². The van der Waals surface area contributed by atoms with Crippen LogP contribution in [0.5, 0.6) is 0 Å². The van der Waals surface area contributed by atoms with Gasteiger partial charge in [-0.3, -0.25) is 4.79 Å². The maximum atomic E-state index is 11.5. The second kappa shape index (κ2) is 7.11. The maximum absolute atomic E-state index is 11.5. The van der Waals surface area contributed by atoms with Crippen LogP contribution in [-0.4, -0.2) is 56.1 Å². The minimum absolute atomic E-state index is 0.0422. The molecule has 0 aromatic carbocycles. The first-order valence-corrected chi connectivity index (χ1v) is 6.14. The summed E-state index contributed by atoms with van der Waals surface area (Å²) in [5.41, 5.74) is 0. The van der Waals surface area contributed by atoms with E-state index in [1.807, 2.05) is 14.0 Å². The molecule has 0 aromatic heterocycles. The summed E-state index contributed by atoms with van der Waals surface area (Å²) in [5, 5.41) is 8.63. The van der Waals surface area contributed by atoms with Gasteiger partial charge in [-0.05, 0) is 20.4 Å². The molecule has 0 bridgehead atoms. The van der Waals surface area contributed by atoms with Crippen molar-refractivity contribution in [2.45, 2.75) is 25.8 Å². The standard InChI is InChI=1S/C11H22N4O2/c1-3-13-11(17)15-7-5-9(8-15)14-10(16)4-6-12-2/h9,12H,3-8H2,1-2H3,(H,13,17)(H,14,16). The Morgan fingerprint density at radius 1 is 1.41 bits per heavy atom. The van der Waals surface area contributed by atoms with Crippen molar-refractivity contribution >= 4 is 11.9 Å². The van der Waals surface area contributed by atoms with Gasteiger partial charge in [0.25, 0.3) is 0 Å². The van der Waals surface area contributed by atoms with Crippen LogP contribution in [0.25, 0.3) is 0 Å². The quantitative estimate of drug-likeness (QED) is 0.609. The highest BCUT2D eigenvalue weighted by atomic mass is 16.2. The lowest BCUT2D eigenvalue weighted by Gasteiger charge is -2.17. The average molecular weight is 242 g/mol. The highest BCUT2D eigenvalue weighted by Crippen LogP contribution is 2.09. The van der Waals surface area contributed by atoms with Crippen LogP contribution in [0.1, 0.15) is 19.8 Å². The number of urea groups is 1. The third-order valence-corrected chi connectivity index (χ3v) is 2.77. The van der Waals surface area contributed by atoms with Gasteiger partial charge in [0.15, 0.2) is 0 Å². The number of nitrogens with one attached hydrogen (secondary N) is 3. The van der Waals surface area contributed by atoms with Gasteiger partial charge < -0.3 is 20.9 Å². The highest BCUT2D eigenvalue weighted by Gasteiger charge is 2.26. The van der Waals surface area contributed by atoms with Crippen LogP contribution in [0.3, 0.4) is 0 Å². The van der Waals surface area contributed by atoms with Gasteiger partial charge in [-0.2, -0.15) is 0 Å². The van der Waals surface area contributed by atoms with Crippen LogP contribution in [0.2, 0.25) is 0 Å². The first-order valence-electron chi connectivity index (χ1n) is 6.14. The Hall–Kier alpha value is -1.30. The smallest absolute Gasteiger partial charge is 0.317 e. The molecule has 1 aliphatic rings. The van der Waals surface area contributed by atoms with E-state index in [-0.39, 0.29) is 18.0 Å². The number of hydrogen-bond donors (Lipinski definition) is 3. The van der Waals surface area contributed by atoms with Gasteiger partial charge >= 0.3 is 6.03 Å². The molecule has 1 heterocycles.